The third-order valence-electron chi connectivity index (χ3n) is 3.76. The Balaban J connectivity index is 2.14. The molecule has 0 radical (unpaired) electrons. The minimum Gasteiger partial charge on any atom is -0.325 e. The minimum absolute atomic E-state index is 0.0791. The second-order valence-corrected chi connectivity index (χ2v) is 8.51. The van der Waals surface area contributed by atoms with E-state index in [9.17, 15) is 27.6 Å². The fourth-order valence-corrected chi connectivity index (χ4v) is 3.36. The first-order chi connectivity index (χ1) is 12.8. The SMILES string of the molecule is CC(C)(C)C(=O)/C=C1\SCC(=O)N1CC(=O)Nc1ccc(Cl)c(C(F)(F)F)c1. The van der Waals surface area contributed by atoms with Gasteiger partial charge in [-0.2, -0.15) is 13.2 Å². The van der Waals surface area contributed by atoms with Crippen LogP contribution < -0.4 is 5.32 Å². The molecule has 1 saturated heterocycles. The van der Waals surface area contributed by atoms with Crippen LogP contribution in [0.5, 0.6) is 0 Å². The van der Waals surface area contributed by atoms with Crippen LogP contribution in [0.25, 0.3) is 0 Å². The topological polar surface area (TPSA) is 66.5 Å². The number of nitrogens with one attached hydrogen (secondary N) is 1. The van der Waals surface area contributed by atoms with Crippen LogP contribution in [0.1, 0.15) is 26.3 Å². The molecule has 28 heavy (non-hydrogen) atoms. The molecule has 0 atom stereocenters. The molecule has 0 aromatic heterocycles. The Morgan fingerprint density at radius 2 is 1.93 bits per heavy atom. The molecule has 1 aliphatic rings. The molecule has 0 spiro atoms. The fraction of sp³-hybridized carbons (Fsp3) is 0.389. The largest absolute Gasteiger partial charge is 0.417 e. The highest BCUT2D eigenvalue weighted by Gasteiger charge is 2.34. The van der Waals surface area contributed by atoms with Gasteiger partial charge in [0.05, 0.1) is 21.4 Å². The molecular weight excluding hydrogens is 417 g/mol. The summed E-state index contributed by atoms with van der Waals surface area (Å²) in [4.78, 5) is 37.6. The maximum Gasteiger partial charge on any atom is 0.417 e. The van der Waals surface area contributed by atoms with E-state index in [0.717, 1.165) is 28.8 Å². The third kappa shape index (κ3) is 5.51. The Kier molecular flexibility index (Phi) is 6.50. The standard InChI is InChI=1S/C18H18ClF3N2O3S/c1-17(2,3)13(25)7-16-24(15(27)9-28-16)8-14(26)23-10-4-5-12(19)11(6-10)18(20,21)22/h4-7H,8-9H2,1-3H3,(H,23,26)/b16-7-. The maximum atomic E-state index is 12.9. The van der Waals surface area contributed by atoms with E-state index >= 15 is 0 Å². The van der Waals surface area contributed by atoms with Gasteiger partial charge in [-0.15, -0.1) is 0 Å². The lowest BCUT2D eigenvalue weighted by Crippen LogP contribution is -2.34. The number of ketones is 1. The summed E-state index contributed by atoms with van der Waals surface area (Å²) in [6.45, 7) is 4.76. The van der Waals surface area contributed by atoms with Crippen LogP contribution in [0.4, 0.5) is 18.9 Å². The maximum absolute atomic E-state index is 12.9. The summed E-state index contributed by atoms with van der Waals surface area (Å²) in [5.41, 5.74) is -1.82. The Bertz CT molecular complexity index is 847. The van der Waals surface area contributed by atoms with Gasteiger partial charge in [-0.3, -0.25) is 19.3 Å². The molecule has 0 aliphatic carbocycles. The van der Waals surface area contributed by atoms with Gasteiger partial charge in [-0.25, -0.2) is 0 Å². The van der Waals surface area contributed by atoms with Crippen molar-refractivity contribution in [1.29, 1.82) is 0 Å². The normalized spacial score (nSPS) is 16.6. The summed E-state index contributed by atoms with van der Waals surface area (Å²) in [6.07, 6.45) is -3.35. The second kappa shape index (κ2) is 8.16. The third-order valence-corrected chi connectivity index (χ3v) is 5.12. The van der Waals surface area contributed by atoms with Crippen molar-refractivity contribution in [1.82, 2.24) is 4.90 Å². The molecule has 1 aromatic carbocycles. The molecule has 2 amide bonds. The second-order valence-electron chi connectivity index (χ2n) is 7.11. The van der Waals surface area contributed by atoms with Gasteiger partial charge in [-0.1, -0.05) is 44.1 Å². The zero-order valence-corrected chi connectivity index (χ0v) is 16.9. The highest BCUT2D eigenvalue weighted by atomic mass is 35.5. The summed E-state index contributed by atoms with van der Waals surface area (Å²) < 4.78 is 38.8. The molecule has 0 unspecified atom stereocenters. The van der Waals surface area contributed by atoms with Gasteiger partial charge in [0, 0.05) is 17.2 Å². The van der Waals surface area contributed by atoms with Crippen LogP contribution in [-0.4, -0.2) is 34.8 Å². The molecule has 152 valence electrons. The molecule has 10 heteroatoms. The highest BCUT2D eigenvalue weighted by molar-refractivity contribution is 8.04. The summed E-state index contributed by atoms with van der Waals surface area (Å²) in [5.74, 6) is -1.18. The number of alkyl halides is 3. The number of nitrogens with zero attached hydrogens (tertiary/aromatic N) is 1. The van der Waals surface area contributed by atoms with E-state index in [1.807, 2.05) is 0 Å². The van der Waals surface area contributed by atoms with Crippen LogP contribution in [0.3, 0.4) is 0 Å². The molecule has 2 rings (SSSR count). The lowest BCUT2D eigenvalue weighted by molar-refractivity contribution is -0.137. The molecule has 1 fully saturated rings. The van der Waals surface area contributed by atoms with Crippen molar-refractivity contribution in [2.75, 3.05) is 17.6 Å². The molecule has 1 heterocycles. The molecule has 1 N–H and O–H groups in total. The molecule has 0 saturated carbocycles. The van der Waals surface area contributed by atoms with Gasteiger partial charge in [-0.05, 0) is 18.2 Å². The van der Waals surface area contributed by atoms with Crippen LogP contribution in [0.15, 0.2) is 29.3 Å². The van der Waals surface area contributed by atoms with Crippen molar-refractivity contribution >= 4 is 46.6 Å². The minimum atomic E-state index is -4.66. The first kappa shape index (κ1) is 22.3. The first-order valence-corrected chi connectivity index (χ1v) is 9.51. The van der Waals surface area contributed by atoms with Gasteiger partial charge in [0.1, 0.15) is 6.54 Å². The number of thioether (sulfide) groups is 1. The predicted octanol–water partition coefficient (Wildman–Crippen LogP) is 4.33. The van der Waals surface area contributed by atoms with E-state index in [1.165, 1.54) is 12.1 Å². The fourth-order valence-electron chi connectivity index (χ4n) is 2.19. The first-order valence-electron chi connectivity index (χ1n) is 8.15. The summed E-state index contributed by atoms with van der Waals surface area (Å²) in [5, 5.41) is 2.18. The van der Waals surface area contributed by atoms with E-state index in [-0.39, 0.29) is 23.1 Å². The molecule has 5 nitrogen and oxygen atoms in total. The number of carbonyl (C=O) groups is 3. The van der Waals surface area contributed by atoms with E-state index in [2.05, 4.69) is 5.32 Å². The Labute approximate surface area is 169 Å². The lowest BCUT2D eigenvalue weighted by atomic mass is 9.91. The van der Waals surface area contributed by atoms with E-state index in [1.54, 1.807) is 20.8 Å². The number of carbonyl (C=O) groups excluding carboxylic acids is 3. The lowest BCUT2D eigenvalue weighted by Gasteiger charge is -2.19. The van der Waals surface area contributed by atoms with Crippen molar-refractivity contribution in [3.05, 3.63) is 39.9 Å². The molecule has 0 bridgehead atoms. The smallest absolute Gasteiger partial charge is 0.325 e. The van der Waals surface area contributed by atoms with Gasteiger partial charge < -0.3 is 5.32 Å². The zero-order chi connectivity index (χ0) is 21.3. The predicted molar refractivity (Wildman–Crippen MR) is 102 cm³/mol. The Morgan fingerprint density at radius 3 is 2.50 bits per heavy atom. The van der Waals surface area contributed by atoms with Crippen molar-refractivity contribution < 1.29 is 27.6 Å². The van der Waals surface area contributed by atoms with Gasteiger partial charge in [0.25, 0.3) is 0 Å². The summed E-state index contributed by atoms with van der Waals surface area (Å²) >= 11 is 6.68. The quantitative estimate of drug-likeness (QED) is 0.716. The summed E-state index contributed by atoms with van der Waals surface area (Å²) in [7, 11) is 0. The Hall–Kier alpha value is -2.00. The number of hydrogen-bond acceptors (Lipinski definition) is 4. The van der Waals surface area contributed by atoms with Gasteiger partial charge in [0.15, 0.2) is 5.78 Å². The molecule has 1 aliphatic heterocycles. The molecular formula is C18H18ClF3N2O3S. The number of halogens is 4. The average molecular weight is 435 g/mol. The number of hydrogen-bond donors (Lipinski definition) is 1. The van der Waals surface area contributed by atoms with E-state index < -0.39 is 34.6 Å². The molecule has 1 aromatic rings. The van der Waals surface area contributed by atoms with Crippen molar-refractivity contribution in [3.63, 3.8) is 0 Å². The number of rotatable bonds is 4. The van der Waals surface area contributed by atoms with Gasteiger partial charge in [0.2, 0.25) is 11.8 Å². The van der Waals surface area contributed by atoms with Gasteiger partial charge >= 0.3 is 6.18 Å². The number of allylic oxidation sites excluding steroid dienone is 1. The summed E-state index contributed by atoms with van der Waals surface area (Å²) in [6, 6.07) is 2.99. The Morgan fingerprint density at radius 1 is 1.29 bits per heavy atom. The zero-order valence-electron chi connectivity index (χ0n) is 15.3. The highest BCUT2D eigenvalue weighted by Crippen LogP contribution is 2.36. The van der Waals surface area contributed by atoms with Crippen LogP contribution in [0.2, 0.25) is 5.02 Å². The van der Waals surface area contributed by atoms with Crippen molar-refractivity contribution in [2.24, 2.45) is 5.41 Å². The van der Waals surface area contributed by atoms with Crippen LogP contribution in [-0.2, 0) is 20.6 Å². The van der Waals surface area contributed by atoms with E-state index in [4.69, 9.17) is 11.6 Å². The van der Waals surface area contributed by atoms with Crippen molar-refractivity contribution in [3.8, 4) is 0 Å². The number of amides is 2. The van der Waals surface area contributed by atoms with E-state index in [0.29, 0.717) is 5.03 Å². The van der Waals surface area contributed by atoms with Crippen LogP contribution in [0, 0.1) is 5.41 Å². The number of benzene rings is 1. The van der Waals surface area contributed by atoms with Crippen LogP contribution >= 0.6 is 23.4 Å². The number of anilines is 1. The van der Waals surface area contributed by atoms with Crippen molar-refractivity contribution in [2.45, 2.75) is 26.9 Å². The monoisotopic (exact) mass is 434 g/mol. The average Bonchev–Trinajstić information content (AvgIpc) is 2.88.